The van der Waals surface area contributed by atoms with E-state index in [1.54, 1.807) is 23.2 Å². The predicted molar refractivity (Wildman–Crippen MR) is 89.6 cm³/mol. The van der Waals surface area contributed by atoms with E-state index in [0.29, 0.717) is 29.5 Å². The van der Waals surface area contributed by atoms with E-state index in [1.165, 1.54) is 6.08 Å². The van der Waals surface area contributed by atoms with Crippen molar-refractivity contribution in [2.24, 2.45) is 4.40 Å². The molecule has 0 fully saturated rings. The summed E-state index contributed by atoms with van der Waals surface area (Å²) in [5, 5.41) is 2.83. The maximum absolute atomic E-state index is 12.3. The molecule has 0 spiro atoms. The van der Waals surface area contributed by atoms with Crippen LogP contribution in [-0.4, -0.2) is 44.2 Å². The summed E-state index contributed by atoms with van der Waals surface area (Å²) in [5.41, 5.74) is 1.34. The van der Waals surface area contributed by atoms with Gasteiger partial charge in [-0.1, -0.05) is 6.07 Å². The number of carbonyl (C=O) groups excluding carboxylic acids is 1. The Morgan fingerprint density at radius 1 is 1.24 bits per heavy atom. The predicted octanol–water partition coefficient (Wildman–Crippen LogP) is 0.529. The maximum atomic E-state index is 12.3. The van der Waals surface area contributed by atoms with Gasteiger partial charge in [0.05, 0.1) is 11.3 Å². The van der Waals surface area contributed by atoms with E-state index >= 15 is 0 Å². The van der Waals surface area contributed by atoms with E-state index in [9.17, 15) is 13.2 Å². The summed E-state index contributed by atoms with van der Waals surface area (Å²) in [4.78, 5) is 14.0. The molecule has 0 bridgehead atoms. The van der Waals surface area contributed by atoms with Crippen molar-refractivity contribution in [2.75, 3.05) is 19.1 Å². The van der Waals surface area contributed by atoms with Gasteiger partial charge in [-0.3, -0.25) is 4.79 Å². The van der Waals surface area contributed by atoms with Crippen molar-refractivity contribution in [1.82, 2.24) is 10.2 Å². The topological polar surface area (TPSA) is 97.3 Å². The molecule has 3 heterocycles. The number of sulfonamides is 1. The van der Waals surface area contributed by atoms with Crippen LogP contribution in [0.25, 0.3) is 0 Å². The lowest BCUT2D eigenvalue weighted by molar-refractivity contribution is -0.117. The van der Waals surface area contributed by atoms with Crippen molar-refractivity contribution in [3.05, 3.63) is 47.7 Å². The molecule has 1 aromatic carbocycles. The third kappa shape index (κ3) is 3.22. The van der Waals surface area contributed by atoms with Gasteiger partial charge in [0.2, 0.25) is 6.79 Å². The van der Waals surface area contributed by atoms with E-state index in [1.807, 2.05) is 12.1 Å². The third-order valence-corrected chi connectivity index (χ3v) is 5.14. The standard InChI is InChI=1S/C16H15N3O5S/c20-16(17-8-11-1-3-13-14(7-11)24-10-23-13)12-2-4-15-18-25(21,22)6-5-19(15)9-12/h1-4,7,9H,5-6,8,10H2,(H,17,20). The minimum Gasteiger partial charge on any atom is -0.454 e. The number of rotatable bonds is 3. The molecule has 8 nitrogen and oxygen atoms in total. The first-order valence-corrected chi connectivity index (χ1v) is 9.27. The molecule has 9 heteroatoms. The largest absolute Gasteiger partial charge is 0.454 e. The van der Waals surface area contributed by atoms with E-state index in [-0.39, 0.29) is 25.0 Å². The van der Waals surface area contributed by atoms with Crippen LogP contribution in [0, 0.1) is 0 Å². The number of amidine groups is 1. The Hall–Kier alpha value is -2.81. The highest BCUT2D eigenvalue weighted by molar-refractivity contribution is 7.90. The molecule has 0 aliphatic carbocycles. The van der Waals surface area contributed by atoms with Gasteiger partial charge in [0, 0.05) is 19.3 Å². The molecule has 0 radical (unpaired) electrons. The van der Waals surface area contributed by atoms with Crippen molar-refractivity contribution in [3.8, 4) is 11.5 Å². The molecule has 1 amide bonds. The van der Waals surface area contributed by atoms with E-state index in [0.717, 1.165) is 5.56 Å². The van der Waals surface area contributed by atoms with Crippen molar-refractivity contribution in [2.45, 2.75) is 6.54 Å². The van der Waals surface area contributed by atoms with Crippen LogP contribution in [0.15, 0.2) is 46.5 Å². The molecule has 25 heavy (non-hydrogen) atoms. The number of hydrogen-bond donors (Lipinski definition) is 1. The number of benzene rings is 1. The summed E-state index contributed by atoms with van der Waals surface area (Å²) in [6, 6.07) is 5.49. The summed E-state index contributed by atoms with van der Waals surface area (Å²) in [6.07, 6.45) is 4.71. The average Bonchev–Trinajstić information content (AvgIpc) is 3.06. The van der Waals surface area contributed by atoms with Crippen molar-refractivity contribution < 1.29 is 22.7 Å². The van der Waals surface area contributed by atoms with E-state index < -0.39 is 10.0 Å². The lowest BCUT2D eigenvalue weighted by Crippen LogP contribution is -2.38. The second-order valence-corrected chi connectivity index (χ2v) is 7.47. The van der Waals surface area contributed by atoms with Gasteiger partial charge in [0.1, 0.15) is 5.84 Å². The maximum Gasteiger partial charge on any atom is 0.256 e. The number of fused-ring (bicyclic) bond motifs is 2. The first kappa shape index (κ1) is 15.7. The molecule has 1 aromatic rings. The van der Waals surface area contributed by atoms with Crippen molar-refractivity contribution in [3.63, 3.8) is 0 Å². The Balaban J connectivity index is 1.42. The molecule has 0 saturated heterocycles. The fourth-order valence-corrected chi connectivity index (χ4v) is 3.64. The molecule has 3 aliphatic rings. The Morgan fingerprint density at radius 2 is 2.08 bits per heavy atom. The number of amides is 1. The molecule has 0 saturated carbocycles. The summed E-state index contributed by atoms with van der Waals surface area (Å²) in [6.45, 7) is 0.832. The number of nitrogens with one attached hydrogen (secondary N) is 1. The zero-order valence-electron chi connectivity index (χ0n) is 13.1. The van der Waals surface area contributed by atoms with Crippen LogP contribution >= 0.6 is 0 Å². The SMILES string of the molecule is O=C(NCc1ccc2c(c1)OCO2)C1=CN2CCS(=O)(=O)N=C2C=C1. The first-order chi connectivity index (χ1) is 12.0. The Morgan fingerprint density at radius 3 is 2.96 bits per heavy atom. The molecular weight excluding hydrogens is 346 g/mol. The van der Waals surface area contributed by atoms with Crippen LogP contribution in [-0.2, 0) is 21.4 Å². The van der Waals surface area contributed by atoms with Gasteiger partial charge >= 0.3 is 0 Å². The van der Waals surface area contributed by atoms with Gasteiger partial charge in [0.15, 0.2) is 11.5 Å². The molecule has 0 aromatic heterocycles. The number of carbonyl (C=O) groups is 1. The smallest absolute Gasteiger partial charge is 0.256 e. The van der Waals surface area contributed by atoms with Crippen molar-refractivity contribution >= 4 is 21.8 Å². The highest BCUT2D eigenvalue weighted by Crippen LogP contribution is 2.32. The molecule has 1 N–H and O–H groups in total. The molecule has 130 valence electrons. The van der Waals surface area contributed by atoms with Gasteiger partial charge in [-0.05, 0) is 29.8 Å². The van der Waals surface area contributed by atoms with Crippen LogP contribution in [0.5, 0.6) is 11.5 Å². The molecule has 4 rings (SSSR count). The van der Waals surface area contributed by atoms with Gasteiger partial charge in [-0.15, -0.1) is 4.40 Å². The second kappa shape index (κ2) is 5.92. The fourth-order valence-electron chi connectivity index (χ4n) is 2.67. The summed E-state index contributed by atoms with van der Waals surface area (Å²) < 4.78 is 37.2. The quantitative estimate of drug-likeness (QED) is 0.843. The minimum absolute atomic E-state index is 0.0626. The van der Waals surface area contributed by atoms with Gasteiger partial charge in [-0.25, -0.2) is 8.42 Å². The normalized spacial score (nSPS) is 19.8. The summed E-state index contributed by atoms with van der Waals surface area (Å²) in [7, 11) is -3.40. The van der Waals surface area contributed by atoms with Crippen LogP contribution < -0.4 is 14.8 Å². The fraction of sp³-hybridized carbons (Fsp3) is 0.250. The highest BCUT2D eigenvalue weighted by atomic mass is 32.2. The van der Waals surface area contributed by atoms with Crippen LogP contribution in [0.4, 0.5) is 0 Å². The molecule has 0 unspecified atom stereocenters. The highest BCUT2D eigenvalue weighted by Gasteiger charge is 2.25. The molecular formula is C16H15N3O5S. The van der Waals surface area contributed by atoms with Crippen LogP contribution in [0.1, 0.15) is 5.56 Å². The Labute approximate surface area is 144 Å². The van der Waals surface area contributed by atoms with E-state index in [4.69, 9.17) is 9.47 Å². The number of ether oxygens (including phenoxy) is 2. The molecule has 3 aliphatic heterocycles. The summed E-state index contributed by atoms with van der Waals surface area (Å²) in [5.74, 6) is 1.38. The lowest BCUT2D eigenvalue weighted by atomic mass is 10.1. The monoisotopic (exact) mass is 361 g/mol. The number of nitrogens with zero attached hydrogens (tertiary/aromatic N) is 2. The first-order valence-electron chi connectivity index (χ1n) is 7.66. The minimum atomic E-state index is -3.40. The average molecular weight is 361 g/mol. The van der Waals surface area contributed by atoms with Gasteiger partial charge < -0.3 is 19.7 Å². The zero-order chi connectivity index (χ0) is 17.4. The van der Waals surface area contributed by atoms with E-state index in [2.05, 4.69) is 9.71 Å². The zero-order valence-corrected chi connectivity index (χ0v) is 14.0. The Bertz CT molecular complexity index is 933. The lowest BCUT2D eigenvalue weighted by Gasteiger charge is -2.26. The van der Waals surface area contributed by atoms with Crippen molar-refractivity contribution in [1.29, 1.82) is 0 Å². The summed E-state index contributed by atoms with van der Waals surface area (Å²) >= 11 is 0. The third-order valence-electron chi connectivity index (χ3n) is 3.98. The van der Waals surface area contributed by atoms with Crippen LogP contribution in [0.3, 0.4) is 0 Å². The van der Waals surface area contributed by atoms with Crippen LogP contribution in [0.2, 0.25) is 0 Å². The number of hydrogen-bond acceptors (Lipinski definition) is 6. The van der Waals surface area contributed by atoms with Gasteiger partial charge in [-0.2, -0.15) is 0 Å². The Kier molecular flexibility index (Phi) is 3.72. The second-order valence-electron chi connectivity index (χ2n) is 5.72. The molecule has 0 atom stereocenters. The van der Waals surface area contributed by atoms with Gasteiger partial charge in [0.25, 0.3) is 15.9 Å².